The molecule has 1 aliphatic heterocycles. The minimum Gasteiger partial charge on any atom is -0.384 e. The maximum absolute atomic E-state index is 14.1. The zero-order chi connectivity index (χ0) is 29.5. The SMILES string of the molecule is Cc1cc(CSc2ccc(F)cc2)c(C)c(C2C(C#N)=C(N)N(c3ccccc3C(F)(F)F)C3=C2C(=O)CCC3)c1. The van der Waals surface area contributed by atoms with Crippen LogP contribution in [-0.2, 0) is 16.7 Å². The van der Waals surface area contributed by atoms with Gasteiger partial charge in [0, 0.05) is 28.3 Å². The van der Waals surface area contributed by atoms with Crippen LogP contribution in [0, 0.1) is 31.0 Å². The Morgan fingerprint density at radius 3 is 2.46 bits per heavy atom. The van der Waals surface area contributed by atoms with Gasteiger partial charge in [-0.2, -0.15) is 18.4 Å². The molecule has 3 aromatic rings. The molecule has 0 amide bonds. The number of carbonyl (C=O) groups excluding carboxylic acids is 1. The highest BCUT2D eigenvalue weighted by Crippen LogP contribution is 2.49. The molecule has 2 aliphatic rings. The Labute approximate surface area is 240 Å². The highest BCUT2D eigenvalue weighted by Gasteiger charge is 2.43. The Balaban J connectivity index is 1.66. The molecule has 0 radical (unpaired) electrons. The molecule has 1 aliphatic carbocycles. The summed E-state index contributed by atoms with van der Waals surface area (Å²) in [5.74, 6) is -0.862. The Kier molecular flexibility index (Phi) is 7.71. The van der Waals surface area contributed by atoms with E-state index in [0.717, 1.165) is 33.2 Å². The molecule has 0 saturated carbocycles. The maximum atomic E-state index is 14.1. The lowest BCUT2D eigenvalue weighted by atomic mass is 9.73. The van der Waals surface area contributed by atoms with E-state index >= 15 is 0 Å². The van der Waals surface area contributed by atoms with Crippen molar-refractivity contribution in [3.05, 3.63) is 117 Å². The van der Waals surface area contributed by atoms with Crippen molar-refractivity contribution in [2.45, 2.75) is 55.9 Å². The Hall–Kier alpha value is -4.03. The molecule has 41 heavy (non-hydrogen) atoms. The summed E-state index contributed by atoms with van der Waals surface area (Å²) in [6, 6.07) is 17.4. The van der Waals surface area contributed by atoms with Crippen molar-refractivity contribution in [1.29, 1.82) is 5.26 Å². The highest BCUT2D eigenvalue weighted by atomic mass is 32.2. The van der Waals surface area contributed by atoms with E-state index in [9.17, 15) is 27.6 Å². The second-order valence-corrected chi connectivity index (χ2v) is 11.3. The number of nitrogens with zero attached hydrogens (tertiary/aromatic N) is 2. The van der Waals surface area contributed by atoms with Crippen LogP contribution in [0.5, 0.6) is 0 Å². The second kappa shape index (κ2) is 11.1. The molecule has 0 bridgehead atoms. The molecule has 0 fully saturated rings. The molecule has 1 atom stereocenters. The van der Waals surface area contributed by atoms with E-state index < -0.39 is 17.7 Å². The van der Waals surface area contributed by atoms with Crippen LogP contribution >= 0.6 is 11.8 Å². The molecule has 9 heteroatoms. The zero-order valence-electron chi connectivity index (χ0n) is 22.5. The molecule has 2 N–H and O–H groups in total. The number of ketones is 1. The van der Waals surface area contributed by atoms with E-state index in [-0.39, 0.29) is 35.1 Å². The number of benzene rings is 3. The Morgan fingerprint density at radius 2 is 1.78 bits per heavy atom. The first-order valence-corrected chi connectivity index (χ1v) is 14.1. The summed E-state index contributed by atoms with van der Waals surface area (Å²) in [6.07, 6.45) is -3.61. The number of alkyl halides is 3. The lowest BCUT2D eigenvalue weighted by Gasteiger charge is -2.41. The fraction of sp³-hybridized carbons (Fsp3) is 0.250. The first-order chi connectivity index (χ1) is 19.5. The molecule has 0 saturated heterocycles. The van der Waals surface area contributed by atoms with Crippen LogP contribution in [0.4, 0.5) is 23.2 Å². The summed E-state index contributed by atoms with van der Waals surface area (Å²) in [5, 5.41) is 10.4. The van der Waals surface area contributed by atoms with Gasteiger partial charge in [-0.3, -0.25) is 9.69 Å². The largest absolute Gasteiger partial charge is 0.418 e. The van der Waals surface area contributed by atoms with Crippen LogP contribution in [0.1, 0.15) is 53.0 Å². The average molecular weight is 578 g/mol. The van der Waals surface area contributed by atoms with Gasteiger partial charge in [-0.1, -0.05) is 29.8 Å². The molecule has 0 spiro atoms. The van der Waals surface area contributed by atoms with Crippen LogP contribution in [0.15, 0.2) is 88.2 Å². The van der Waals surface area contributed by atoms with Gasteiger partial charge in [0.2, 0.25) is 0 Å². The van der Waals surface area contributed by atoms with Crippen LogP contribution in [0.3, 0.4) is 0 Å². The first kappa shape index (κ1) is 28.5. The molecule has 1 unspecified atom stereocenters. The van der Waals surface area contributed by atoms with E-state index in [4.69, 9.17) is 5.73 Å². The van der Waals surface area contributed by atoms with Crippen molar-refractivity contribution in [2.24, 2.45) is 5.73 Å². The summed E-state index contributed by atoms with van der Waals surface area (Å²) in [6.45, 7) is 3.83. The van der Waals surface area contributed by atoms with Crippen LogP contribution in [-0.4, -0.2) is 5.78 Å². The third kappa shape index (κ3) is 5.36. The van der Waals surface area contributed by atoms with Gasteiger partial charge in [-0.15, -0.1) is 11.8 Å². The maximum Gasteiger partial charge on any atom is 0.418 e. The fourth-order valence-electron chi connectivity index (χ4n) is 5.69. The Morgan fingerprint density at radius 1 is 1.07 bits per heavy atom. The van der Waals surface area contributed by atoms with E-state index in [1.807, 2.05) is 26.0 Å². The molecule has 0 aromatic heterocycles. The molecular weight excluding hydrogens is 550 g/mol. The number of aryl methyl sites for hydroxylation is 1. The first-order valence-electron chi connectivity index (χ1n) is 13.1. The number of halogens is 4. The van der Waals surface area contributed by atoms with Gasteiger partial charge >= 0.3 is 6.18 Å². The van der Waals surface area contributed by atoms with Gasteiger partial charge in [0.15, 0.2) is 5.78 Å². The zero-order valence-corrected chi connectivity index (χ0v) is 23.3. The van der Waals surface area contributed by atoms with Crippen molar-refractivity contribution in [3.8, 4) is 6.07 Å². The summed E-state index contributed by atoms with van der Waals surface area (Å²) < 4.78 is 55.5. The average Bonchev–Trinajstić information content (AvgIpc) is 2.93. The van der Waals surface area contributed by atoms with Crippen molar-refractivity contribution in [1.82, 2.24) is 0 Å². The number of hydrogen-bond donors (Lipinski definition) is 1. The smallest absolute Gasteiger partial charge is 0.384 e. The molecule has 210 valence electrons. The fourth-order valence-corrected chi connectivity index (χ4v) is 6.64. The third-order valence-corrected chi connectivity index (χ3v) is 8.64. The normalized spacial score (nSPS) is 17.5. The third-order valence-electron chi connectivity index (χ3n) is 7.58. The van der Waals surface area contributed by atoms with Gasteiger partial charge in [0.05, 0.1) is 28.8 Å². The number of nitriles is 1. The quantitative estimate of drug-likeness (QED) is 0.245. The molecule has 4 nitrogen and oxygen atoms in total. The van der Waals surface area contributed by atoms with Gasteiger partial charge in [-0.25, -0.2) is 4.39 Å². The van der Waals surface area contributed by atoms with Crippen LogP contribution in [0.2, 0.25) is 0 Å². The predicted octanol–water partition coefficient (Wildman–Crippen LogP) is 8.06. The second-order valence-electron chi connectivity index (χ2n) is 10.2. The number of carbonyl (C=O) groups is 1. The number of allylic oxidation sites excluding steroid dienone is 3. The minimum absolute atomic E-state index is 0.0433. The summed E-state index contributed by atoms with van der Waals surface area (Å²) in [4.78, 5) is 15.7. The molecule has 5 rings (SSSR count). The topological polar surface area (TPSA) is 70.1 Å². The van der Waals surface area contributed by atoms with Crippen molar-refractivity contribution < 1.29 is 22.4 Å². The predicted molar refractivity (Wildman–Crippen MR) is 151 cm³/mol. The summed E-state index contributed by atoms with van der Waals surface area (Å²) in [5.41, 5.74) is 9.72. The van der Waals surface area contributed by atoms with E-state index in [1.165, 1.54) is 47.0 Å². The van der Waals surface area contributed by atoms with Gasteiger partial charge < -0.3 is 5.73 Å². The van der Waals surface area contributed by atoms with E-state index in [2.05, 4.69) is 6.07 Å². The minimum atomic E-state index is -4.66. The van der Waals surface area contributed by atoms with Crippen molar-refractivity contribution >= 4 is 23.2 Å². The lowest BCUT2D eigenvalue weighted by molar-refractivity contribution is -0.137. The number of thioether (sulfide) groups is 1. The standard InChI is InChI=1S/C32H27F4N3OS/c1-18-14-20(17-41-22-12-10-21(33)11-13-22)19(2)23(15-18)29-24(16-37)31(38)39(27-8-5-9-28(40)30(27)29)26-7-4-3-6-25(26)32(34,35)36/h3-4,6-7,10-15,29H,5,8-9,17,38H2,1-2H3. The summed E-state index contributed by atoms with van der Waals surface area (Å²) >= 11 is 1.53. The highest BCUT2D eigenvalue weighted by molar-refractivity contribution is 7.98. The molecular formula is C32H27F4N3OS. The van der Waals surface area contributed by atoms with Crippen LogP contribution in [0.25, 0.3) is 0 Å². The van der Waals surface area contributed by atoms with Gasteiger partial charge in [-0.05, 0) is 79.8 Å². The van der Waals surface area contributed by atoms with Crippen molar-refractivity contribution in [2.75, 3.05) is 4.90 Å². The van der Waals surface area contributed by atoms with Gasteiger partial charge in [0.25, 0.3) is 0 Å². The summed E-state index contributed by atoms with van der Waals surface area (Å²) in [7, 11) is 0. The number of hydrogen-bond acceptors (Lipinski definition) is 5. The van der Waals surface area contributed by atoms with Crippen LogP contribution < -0.4 is 10.6 Å². The number of nitrogens with two attached hydrogens (primary N) is 1. The number of para-hydroxylation sites is 1. The Bertz CT molecular complexity index is 1630. The molecule has 1 heterocycles. The van der Waals surface area contributed by atoms with E-state index in [0.29, 0.717) is 29.9 Å². The lowest BCUT2D eigenvalue weighted by Crippen LogP contribution is -2.39. The van der Waals surface area contributed by atoms with Gasteiger partial charge in [0.1, 0.15) is 11.6 Å². The number of Topliss-reactive ketones (excluding diaryl/α,β-unsaturated/α-hetero) is 1. The number of anilines is 1. The monoisotopic (exact) mass is 577 g/mol. The number of rotatable bonds is 5. The van der Waals surface area contributed by atoms with E-state index in [1.54, 1.807) is 12.1 Å². The molecule has 3 aromatic carbocycles. The van der Waals surface area contributed by atoms with Crippen molar-refractivity contribution in [3.63, 3.8) is 0 Å².